The molecule has 3 heteroatoms. The first-order valence-corrected chi connectivity index (χ1v) is 10.7. The van der Waals surface area contributed by atoms with Crippen LogP contribution in [-0.2, 0) is 14.3 Å². The Balaban J connectivity index is 1.45. The molecule has 0 bridgehead atoms. The van der Waals surface area contributed by atoms with Gasteiger partial charge in [-0.25, -0.2) is 0 Å². The molecule has 0 radical (unpaired) electrons. The molecule has 4 saturated carbocycles. The van der Waals surface area contributed by atoms with Gasteiger partial charge in [0.1, 0.15) is 5.78 Å². The molecule has 0 N–H and O–H groups in total. The van der Waals surface area contributed by atoms with Crippen molar-refractivity contribution in [2.24, 2.45) is 40.4 Å². The Bertz CT molecular complexity index is 580. The summed E-state index contributed by atoms with van der Waals surface area (Å²) in [7, 11) is 0. The number of carbonyl (C=O) groups excluding carboxylic acids is 1. The Morgan fingerprint density at radius 3 is 2.40 bits per heavy atom. The molecule has 0 amide bonds. The third-order valence-electron chi connectivity index (χ3n) is 9.74. The highest BCUT2D eigenvalue weighted by Crippen LogP contribution is 2.67. The van der Waals surface area contributed by atoms with Crippen molar-refractivity contribution in [3.05, 3.63) is 0 Å². The normalized spacial score (nSPS) is 54.2. The van der Waals surface area contributed by atoms with Crippen molar-refractivity contribution in [3.8, 4) is 0 Å². The van der Waals surface area contributed by atoms with Gasteiger partial charge in [-0.05, 0) is 67.6 Å². The van der Waals surface area contributed by atoms with Gasteiger partial charge in [-0.2, -0.15) is 0 Å². The summed E-state index contributed by atoms with van der Waals surface area (Å²) in [5.41, 5.74) is 0.416. The first kappa shape index (κ1) is 16.7. The molecule has 5 fully saturated rings. The maximum absolute atomic E-state index is 12.6. The lowest BCUT2D eigenvalue weighted by Gasteiger charge is -2.63. The molecule has 4 aliphatic carbocycles. The molecular weight excluding hydrogens is 312 g/mol. The standard InChI is InChI=1S/C22H34O3/c1-14-16-5-4-15-17-6-7-19(23)21(17,3)9-8-18(15)20(16,2)10-11-22(14)24-12-13-25-22/h14-18H,4-13H2,1-3H3. The average molecular weight is 347 g/mol. The van der Waals surface area contributed by atoms with Gasteiger partial charge < -0.3 is 9.47 Å². The molecule has 7 unspecified atom stereocenters. The first-order valence-electron chi connectivity index (χ1n) is 10.7. The number of Topliss-reactive ketones (excluding diaryl/α,β-unsaturated/α-hetero) is 1. The summed E-state index contributed by atoms with van der Waals surface area (Å²) in [6.07, 6.45) is 9.30. The predicted octanol–water partition coefficient (Wildman–Crippen LogP) is 4.59. The Morgan fingerprint density at radius 1 is 0.880 bits per heavy atom. The lowest BCUT2D eigenvalue weighted by atomic mass is 9.43. The van der Waals surface area contributed by atoms with Crippen LogP contribution in [0.5, 0.6) is 0 Å². The first-order chi connectivity index (χ1) is 11.9. The minimum absolute atomic E-state index is 0.00352. The zero-order valence-corrected chi connectivity index (χ0v) is 16.2. The fourth-order valence-corrected chi connectivity index (χ4v) is 8.30. The van der Waals surface area contributed by atoms with Crippen LogP contribution in [0.4, 0.5) is 0 Å². The van der Waals surface area contributed by atoms with Crippen molar-refractivity contribution in [2.75, 3.05) is 13.2 Å². The van der Waals surface area contributed by atoms with Gasteiger partial charge in [-0.15, -0.1) is 0 Å². The van der Waals surface area contributed by atoms with E-state index < -0.39 is 0 Å². The Morgan fingerprint density at radius 2 is 1.64 bits per heavy atom. The van der Waals surface area contributed by atoms with Crippen LogP contribution in [0.3, 0.4) is 0 Å². The van der Waals surface area contributed by atoms with E-state index in [1.54, 1.807) is 0 Å². The summed E-state index contributed by atoms with van der Waals surface area (Å²) in [6.45, 7) is 8.78. The molecule has 5 aliphatic rings. The zero-order valence-electron chi connectivity index (χ0n) is 16.2. The minimum Gasteiger partial charge on any atom is -0.347 e. The lowest BCUT2D eigenvalue weighted by molar-refractivity contribution is -0.262. The second-order valence-corrected chi connectivity index (χ2v) is 10.3. The van der Waals surface area contributed by atoms with Gasteiger partial charge in [0.25, 0.3) is 0 Å². The summed E-state index contributed by atoms with van der Waals surface area (Å²) < 4.78 is 12.3. The average Bonchev–Trinajstić information content (AvgIpc) is 3.18. The van der Waals surface area contributed by atoms with E-state index in [1.165, 1.54) is 25.7 Å². The SMILES string of the molecule is CC1C2CCC3C4CCC(=O)C4(C)CCC3C2(C)CCC12OCCO2. The number of carbonyl (C=O) groups is 1. The van der Waals surface area contributed by atoms with E-state index in [0.717, 1.165) is 50.7 Å². The maximum Gasteiger partial charge on any atom is 0.171 e. The zero-order chi connectivity index (χ0) is 17.4. The van der Waals surface area contributed by atoms with E-state index in [1.807, 2.05) is 0 Å². The van der Waals surface area contributed by atoms with Crippen LogP contribution >= 0.6 is 0 Å². The predicted molar refractivity (Wildman–Crippen MR) is 95.9 cm³/mol. The number of fused-ring (bicyclic) bond motifs is 5. The number of hydrogen-bond acceptors (Lipinski definition) is 3. The van der Waals surface area contributed by atoms with E-state index in [4.69, 9.17) is 9.47 Å². The highest BCUT2D eigenvalue weighted by atomic mass is 16.7. The number of ketones is 1. The summed E-state index contributed by atoms with van der Waals surface area (Å²) in [4.78, 5) is 12.6. The third kappa shape index (κ3) is 2.03. The molecule has 140 valence electrons. The monoisotopic (exact) mass is 346 g/mol. The van der Waals surface area contributed by atoms with Crippen LogP contribution in [0, 0.1) is 40.4 Å². The molecule has 3 nitrogen and oxygen atoms in total. The summed E-state index contributed by atoms with van der Waals surface area (Å²) in [5.74, 6) is 3.71. The smallest absolute Gasteiger partial charge is 0.171 e. The number of hydrogen-bond donors (Lipinski definition) is 0. The topological polar surface area (TPSA) is 35.5 Å². The summed E-state index contributed by atoms with van der Waals surface area (Å²) in [5, 5.41) is 0. The van der Waals surface area contributed by atoms with Crippen LogP contribution in [0.15, 0.2) is 0 Å². The second kappa shape index (κ2) is 5.32. The fourth-order valence-electron chi connectivity index (χ4n) is 8.30. The molecule has 1 saturated heterocycles. The quantitative estimate of drug-likeness (QED) is 0.644. The summed E-state index contributed by atoms with van der Waals surface area (Å²) >= 11 is 0. The van der Waals surface area contributed by atoms with E-state index in [9.17, 15) is 4.79 Å². The van der Waals surface area contributed by atoms with Crippen LogP contribution < -0.4 is 0 Å². The van der Waals surface area contributed by atoms with Gasteiger partial charge in [-0.3, -0.25) is 4.79 Å². The Kier molecular flexibility index (Phi) is 3.56. The Labute approximate surface area is 152 Å². The van der Waals surface area contributed by atoms with Crippen molar-refractivity contribution >= 4 is 5.78 Å². The van der Waals surface area contributed by atoms with Crippen LogP contribution in [0.25, 0.3) is 0 Å². The molecule has 25 heavy (non-hydrogen) atoms. The van der Waals surface area contributed by atoms with Crippen molar-refractivity contribution in [1.82, 2.24) is 0 Å². The minimum atomic E-state index is -0.288. The van der Waals surface area contributed by atoms with Crippen LogP contribution in [0.2, 0.25) is 0 Å². The van der Waals surface area contributed by atoms with E-state index in [0.29, 0.717) is 29.0 Å². The van der Waals surface area contributed by atoms with Gasteiger partial charge in [0.2, 0.25) is 0 Å². The highest BCUT2D eigenvalue weighted by Gasteiger charge is 2.64. The van der Waals surface area contributed by atoms with Gasteiger partial charge >= 0.3 is 0 Å². The van der Waals surface area contributed by atoms with Crippen molar-refractivity contribution in [2.45, 2.75) is 77.9 Å². The maximum atomic E-state index is 12.6. The molecule has 1 spiro atoms. The molecule has 5 rings (SSSR count). The molecular formula is C22H34O3. The largest absolute Gasteiger partial charge is 0.347 e. The number of ether oxygens (including phenoxy) is 2. The second-order valence-electron chi connectivity index (χ2n) is 10.3. The molecule has 0 aromatic rings. The van der Waals surface area contributed by atoms with Crippen molar-refractivity contribution in [3.63, 3.8) is 0 Å². The molecule has 0 aromatic carbocycles. The van der Waals surface area contributed by atoms with Gasteiger partial charge in [0, 0.05) is 24.2 Å². The van der Waals surface area contributed by atoms with Crippen molar-refractivity contribution < 1.29 is 14.3 Å². The molecule has 7 atom stereocenters. The molecule has 1 heterocycles. The van der Waals surface area contributed by atoms with Crippen molar-refractivity contribution in [1.29, 1.82) is 0 Å². The van der Waals surface area contributed by atoms with E-state index in [-0.39, 0.29) is 11.2 Å². The molecule has 0 aromatic heterocycles. The van der Waals surface area contributed by atoms with E-state index >= 15 is 0 Å². The Hall–Kier alpha value is -0.410. The van der Waals surface area contributed by atoms with Gasteiger partial charge in [0.15, 0.2) is 5.79 Å². The number of rotatable bonds is 0. The third-order valence-corrected chi connectivity index (χ3v) is 9.74. The van der Waals surface area contributed by atoms with Gasteiger partial charge in [0.05, 0.1) is 13.2 Å². The molecule has 1 aliphatic heterocycles. The summed E-state index contributed by atoms with van der Waals surface area (Å²) in [6, 6.07) is 0. The highest BCUT2D eigenvalue weighted by molar-refractivity contribution is 5.87. The van der Waals surface area contributed by atoms with Gasteiger partial charge in [-0.1, -0.05) is 20.8 Å². The van der Waals surface area contributed by atoms with Crippen LogP contribution in [-0.4, -0.2) is 24.8 Å². The van der Waals surface area contributed by atoms with Crippen LogP contribution in [0.1, 0.15) is 72.1 Å². The van der Waals surface area contributed by atoms with E-state index in [2.05, 4.69) is 20.8 Å². The lowest BCUT2D eigenvalue weighted by Crippen LogP contribution is -2.59. The fraction of sp³-hybridized carbons (Fsp3) is 0.955.